The van der Waals surface area contributed by atoms with Crippen molar-refractivity contribution in [2.45, 2.75) is 6.92 Å². The first-order valence-corrected chi connectivity index (χ1v) is 6.76. The molecule has 0 atom stereocenters. The number of thioether (sulfide) groups is 1. The van der Waals surface area contributed by atoms with Gasteiger partial charge in [0.05, 0.1) is 18.6 Å². The summed E-state index contributed by atoms with van der Waals surface area (Å²) in [6.45, 7) is 1.89. The summed E-state index contributed by atoms with van der Waals surface area (Å²) >= 11 is 7.15. The molecular weight excluding hydrogens is 274 g/mol. The Balaban J connectivity index is 2.40. The monoisotopic (exact) mass is 287 g/mol. The minimum absolute atomic E-state index is 0.165. The van der Waals surface area contributed by atoms with Crippen LogP contribution in [0.5, 0.6) is 0 Å². The van der Waals surface area contributed by atoms with Gasteiger partial charge >= 0.3 is 5.97 Å². The number of rotatable bonds is 5. The Morgan fingerprint density at radius 3 is 2.72 bits per heavy atom. The summed E-state index contributed by atoms with van der Waals surface area (Å²) in [6.07, 6.45) is 0. The predicted molar refractivity (Wildman–Crippen MR) is 74.2 cm³/mol. The molecule has 1 aromatic rings. The first-order valence-electron chi connectivity index (χ1n) is 5.23. The van der Waals surface area contributed by atoms with Crippen LogP contribution in [0.25, 0.3) is 0 Å². The largest absolute Gasteiger partial charge is 0.468 e. The molecular formula is C12H14ClNO3S. The van der Waals surface area contributed by atoms with Gasteiger partial charge in [-0.05, 0) is 24.6 Å². The number of hydrogen-bond donors (Lipinski definition) is 1. The quantitative estimate of drug-likeness (QED) is 0.846. The standard InChI is InChI=1S/C12H14ClNO3S/c1-8-3-4-9(5-10(8)13)14-11(15)6-18-7-12(16)17-2/h3-5H,6-7H2,1-2H3,(H,14,15). The Labute approximate surface area is 115 Å². The van der Waals surface area contributed by atoms with E-state index >= 15 is 0 Å². The van der Waals surface area contributed by atoms with Gasteiger partial charge in [0.2, 0.25) is 5.91 Å². The minimum atomic E-state index is -0.341. The van der Waals surface area contributed by atoms with E-state index in [0.29, 0.717) is 10.7 Å². The van der Waals surface area contributed by atoms with Gasteiger partial charge in [0.1, 0.15) is 0 Å². The van der Waals surface area contributed by atoms with Gasteiger partial charge in [-0.3, -0.25) is 9.59 Å². The molecule has 0 fully saturated rings. The van der Waals surface area contributed by atoms with E-state index in [1.54, 1.807) is 12.1 Å². The van der Waals surface area contributed by atoms with Crippen molar-refractivity contribution >= 4 is 40.9 Å². The van der Waals surface area contributed by atoms with Crippen molar-refractivity contribution < 1.29 is 14.3 Å². The maximum Gasteiger partial charge on any atom is 0.315 e. The van der Waals surface area contributed by atoms with Crippen LogP contribution in [0.3, 0.4) is 0 Å². The van der Waals surface area contributed by atoms with Crippen LogP contribution >= 0.6 is 23.4 Å². The maximum absolute atomic E-state index is 11.6. The summed E-state index contributed by atoms with van der Waals surface area (Å²) in [5.74, 6) is -0.158. The molecule has 0 spiro atoms. The summed E-state index contributed by atoms with van der Waals surface area (Å²) in [5, 5.41) is 3.31. The Morgan fingerprint density at radius 1 is 1.39 bits per heavy atom. The number of amides is 1. The van der Waals surface area contributed by atoms with Gasteiger partial charge in [-0.1, -0.05) is 17.7 Å². The van der Waals surface area contributed by atoms with Crippen molar-refractivity contribution in [3.8, 4) is 0 Å². The van der Waals surface area contributed by atoms with Crippen LogP contribution in [0, 0.1) is 6.92 Å². The van der Waals surface area contributed by atoms with Gasteiger partial charge in [-0.15, -0.1) is 11.8 Å². The minimum Gasteiger partial charge on any atom is -0.468 e. The van der Waals surface area contributed by atoms with Gasteiger partial charge < -0.3 is 10.1 Å². The molecule has 4 nitrogen and oxygen atoms in total. The highest BCUT2D eigenvalue weighted by molar-refractivity contribution is 8.00. The van der Waals surface area contributed by atoms with Crippen molar-refractivity contribution in [3.05, 3.63) is 28.8 Å². The summed E-state index contributed by atoms with van der Waals surface area (Å²) in [7, 11) is 1.32. The van der Waals surface area contributed by atoms with Gasteiger partial charge in [-0.2, -0.15) is 0 Å². The molecule has 6 heteroatoms. The SMILES string of the molecule is COC(=O)CSCC(=O)Nc1ccc(C)c(Cl)c1. The molecule has 0 aliphatic rings. The Morgan fingerprint density at radius 2 is 2.11 bits per heavy atom. The average Bonchev–Trinajstić information content (AvgIpc) is 2.33. The number of carbonyl (C=O) groups is 2. The normalized spacial score (nSPS) is 9.94. The fourth-order valence-corrected chi connectivity index (χ4v) is 1.98. The molecule has 1 amide bonds. The third kappa shape index (κ3) is 4.98. The molecule has 0 aliphatic heterocycles. The number of hydrogen-bond acceptors (Lipinski definition) is 4. The van der Waals surface area contributed by atoms with Crippen LogP contribution in [-0.2, 0) is 14.3 Å². The number of benzene rings is 1. The second kappa shape index (κ2) is 7.28. The van der Waals surface area contributed by atoms with Crippen molar-refractivity contribution in [1.29, 1.82) is 0 Å². The van der Waals surface area contributed by atoms with Gasteiger partial charge in [0, 0.05) is 10.7 Å². The van der Waals surface area contributed by atoms with E-state index in [9.17, 15) is 9.59 Å². The van der Waals surface area contributed by atoms with E-state index in [-0.39, 0.29) is 23.4 Å². The first kappa shape index (κ1) is 14.9. The van der Waals surface area contributed by atoms with E-state index in [1.165, 1.54) is 18.9 Å². The third-order valence-electron chi connectivity index (χ3n) is 2.14. The third-order valence-corrected chi connectivity index (χ3v) is 3.45. The number of halogens is 1. The van der Waals surface area contributed by atoms with Gasteiger partial charge in [0.25, 0.3) is 0 Å². The zero-order chi connectivity index (χ0) is 13.5. The number of nitrogens with one attached hydrogen (secondary N) is 1. The summed E-state index contributed by atoms with van der Waals surface area (Å²) in [5.41, 5.74) is 1.60. The fraction of sp³-hybridized carbons (Fsp3) is 0.333. The molecule has 1 aromatic carbocycles. The van der Waals surface area contributed by atoms with Crippen molar-refractivity contribution in [2.75, 3.05) is 23.9 Å². The van der Waals surface area contributed by atoms with Crippen LogP contribution in [0.1, 0.15) is 5.56 Å². The molecule has 0 bridgehead atoms. The van der Waals surface area contributed by atoms with E-state index in [0.717, 1.165) is 5.56 Å². The van der Waals surface area contributed by atoms with E-state index in [2.05, 4.69) is 10.1 Å². The fourth-order valence-electron chi connectivity index (χ4n) is 1.15. The summed E-state index contributed by atoms with van der Waals surface area (Å²) < 4.78 is 4.47. The highest BCUT2D eigenvalue weighted by Crippen LogP contribution is 2.20. The first-order chi connectivity index (χ1) is 8.52. The topological polar surface area (TPSA) is 55.4 Å². The number of aryl methyl sites for hydroxylation is 1. The number of methoxy groups -OCH3 is 1. The maximum atomic E-state index is 11.6. The lowest BCUT2D eigenvalue weighted by atomic mass is 10.2. The van der Waals surface area contributed by atoms with E-state index in [4.69, 9.17) is 11.6 Å². The second-order valence-electron chi connectivity index (χ2n) is 3.58. The van der Waals surface area contributed by atoms with Gasteiger partial charge in [0.15, 0.2) is 0 Å². The van der Waals surface area contributed by atoms with Crippen LogP contribution in [0.4, 0.5) is 5.69 Å². The lowest BCUT2D eigenvalue weighted by Crippen LogP contribution is -2.15. The van der Waals surface area contributed by atoms with Crippen molar-refractivity contribution in [1.82, 2.24) is 0 Å². The molecule has 0 aromatic heterocycles. The summed E-state index contributed by atoms with van der Waals surface area (Å²) in [6, 6.07) is 5.31. The molecule has 0 radical (unpaired) electrons. The molecule has 1 rings (SSSR count). The molecule has 0 heterocycles. The zero-order valence-electron chi connectivity index (χ0n) is 10.2. The van der Waals surface area contributed by atoms with E-state index in [1.807, 2.05) is 13.0 Å². The van der Waals surface area contributed by atoms with Crippen LogP contribution < -0.4 is 5.32 Å². The summed E-state index contributed by atoms with van der Waals surface area (Å²) in [4.78, 5) is 22.4. The second-order valence-corrected chi connectivity index (χ2v) is 4.97. The number of carbonyl (C=O) groups excluding carboxylic acids is 2. The van der Waals surface area contributed by atoms with E-state index < -0.39 is 0 Å². The molecule has 98 valence electrons. The number of anilines is 1. The predicted octanol–water partition coefficient (Wildman–Crippen LogP) is 2.49. The number of esters is 1. The van der Waals surface area contributed by atoms with Crippen molar-refractivity contribution in [3.63, 3.8) is 0 Å². The lowest BCUT2D eigenvalue weighted by molar-refractivity contribution is -0.137. The Hall–Kier alpha value is -1.20. The Bertz CT molecular complexity index is 451. The smallest absolute Gasteiger partial charge is 0.315 e. The van der Waals surface area contributed by atoms with Crippen LogP contribution in [0.15, 0.2) is 18.2 Å². The average molecular weight is 288 g/mol. The van der Waals surface area contributed by atoms with Crippen molar-refractivity contribution in [2.24, 2.45) is 0 Å². The Kier molecular flexibility index (Phi) is 6.01. The van der Waals surface area contributed by atoms with Crippen LogP contribution in [-0.4, -0.2) is 30.5 Å². The number of ether oxygens (including phenoxy) is 1. The molecule has 1 N–H and O–H groups in total. The van der Waals surface area contributed by atoms with Crippen LogP contribution in [0.2, 0.25) is 5.02 Å². The zero-order valence-corrected chi connectivity index (χ0v) is 11.7. The highest BCUT2D eigenvalue weighted by atomic mass is 35.5. The molecule has 0 saturated carbocycles. The van der Waals surface area contributed by atoms with Gasteiger partial charge in [-0.25, -0.2) is 0 Å². The molecule has 0 unspecified atom stereocenters. The molecule has 0 aliphatic carbocycles. The molecule has 0 saturated heterocycles. The lowest BCUT2D eigenvalue weighted by Gasteiger charge is -2.06. The molecule has 18 heavy (non-hydrogen) atoms. The highest BCUT2D eigenvalue weighted by Gasteiger charge is 2.06.